The Morgan fingerprint density at radius 3 is 2.46 bits per heavy atom. The van der Waals surface area contributed by atoms with Gasteiger partial charge in [-0.25, -0.2) is 9.31 Å². The number of carboxylic acid groups (broad SMARTS) is 1. The standard InChI is InChI=1S/C21H19N3O4/c1-3-15-9-10-17-19(14-7-5-13(12-22)6-8-14)20(21(27)28-4-2)16(11-18(25)26)23-24(15)17/h5-10H,3-4,11H2,1-2H3,(H,25,26). The van der Waals surface area contributed by atoms with Gasteiger partial charge in [0.25, 0.3) is 0 Å². The number of aromatic nitrogens is 2. The molecule has 3 aromatic rings. The quantitative estimate of drug-likeness (QED) is 0.661. The lowest BCUT2D eigenvalue weighted by Crippen LogP contribution is -2.17. The van der Waals surface area contributed by atoms with Gasteiger partial charge < -0.3 is 9.84 Å². The van der Waals surface area contributed by atoms with Crippen molar-refractivity contribution in [2.45, 2.75) is 26.7 Å². The van der Waals surface area contributed by atoms with E-state index in [1.165, 1.54) is 0 Å². The number of fused-ring (bicyclic) bond motifs is 1. The Morgan fingerprint density at radius 1 is 1.18 bits per heavy atom. The first-order valence-electron chi connectivity index (χ1n) is 8.93. The molecular weight excluding hydrogens is 358 g/mol. The predicted molar refractivity (Wildman–Crippen MR) is 102 cm³/mol. The number of benzene rings is 1. The van der Waals surface area contributed by atoms with E-state index in [-0.39, 0.29) is 17.9 Å². The summed E-state index contributed by atoms with van der Waals surface area (Å²) in [5.41, 5.74) is 3.58. The molecule has 0 aliphatic heterocycles. The van der Waals surface area contributed by atoms with Gasteiger partial charge in [0, 0.05) is 11.3 Å². The van der Waals surface area contributed by atoms with Gasteiger partial charge in [-0.1, -0.05) is 19.1 Å². The molecule has 0 amide bonds. The fourth-order valence-electron chi connectivity index (χ4n) is 3.18. The second kappa shape index (κ2) is 7.92. The van der Waals surface area contributed by atoms with Gasteiger partial charge in [0.05, 0.1) is 41.4 Å². The number of nitriles is 1. The summed E-state index contributed by atoms with van der Waals surface area (Å²) in [6.07, 6.45) is 0.286. The highest BCUT2D eigenvalue weighted by atomic mass is 16.5. The third kappa shape index (κ3) is 3.45. The lowest BCUT2D eigenvalue weighted by Gasteiger charge is -2.16. The van der Waals surface area contributed by atoms with Gasteiger partial charge in [0.15, 0.2) is 0 Å². The van der Waals surface area contributed by atoms with Gasteiger partial charge in [-0.2, -0.15) is 10.4 Å². The Labute approximate surface area is 161 Å². The number of hydrogen-bond donors (Lipinski definition) is 1. The van der Waals surface area contributed by atoms with E-state index < -0.39 is 18.4 Å². The zero-order valence-corrected chi connectivity index (χ0v) is 15.6. The molecule has 0 saturated carbocycles. The fraction of sp³-hybridized carbons (Fsp3) is 0.238. The van der Waals surface area contributed by atoms with Crippen LogP contribution in [-0.4, -0.2) is 33.3 Å². The summed E-state index contributed by atoms with van der Waals surface area (Å²) in [4.78, 5) is 24.2. The fourth-order valence-corrected chi connectivity index (χ4v) is 3.18. The second-order valence-corrected chi connectivity index (χ2v) is 6.15. The van der Waals surface area contributed by atoms with Crippen molar-refractivity contribution < 1.29 is 19.4 Å². The molecule has 1 N–H and O–H groups in total. The summed E-state index contributed by atoms with van der Waals surface area (Å²) in [5, 5.41) is 22.9. The van der Waals surface area contributed by atoms with Crippen LogP contribution in [0.15, 0.2) is 36.4 Å². The predicted octanol–water partition coefficient (Wildman–Crippen LogP) is 3.24. The first-order chi connectivity index (χ1) is 13.5. The summed E-state index contributed by atoms with van der Waals surface area (Å²) >= 11 is 0. The number of ether oxygens (including phenoxy) is 1. The van der Waals surface area contributed by atoms with Gasteiger partial charge in [0.1, 0.15) is 0 Å². The molecule has 142 valence electrons. The summed E-state index contributed by atoms with van der Waals surface area (Å²) in [6.45, 7) is 3.82. The molecule has 0 bridgehead atoms. The van der Waals surface area contributed by atoms with Crippen LogP contribution >= 0.6 is 0 Å². The van der Waals surface area contributed by atoms with Crippen molar-refractivity contribution in [3.63, 3.8) is 0 Å². The minimum Gasteiger partial charge on any atom is -0.481 e. The monoisotopic (exact) mass is 377 g/mol. The Balaban J connectivity index is 2.40. The van der Waals surface area contributed by atoms with Crippen LogP contribution in [0.1, 0.15) is 41.2 Å². The van der Waals surface area contributed by atoms with Gasteiger partial charge >= 0.3 is 11.9 Å². The number of carbonyl (C=O) groups is 2. The Morgan fingerprint density at radius 2 is 1.89 bits per heavy atom. The number of esters is 1. The smallest absolute Gasteiger partial charge is 0.340 e. The molecule has 1 aromatic carbocycles. The van der Waals surface area contributed by atoms with Crippen LogP contribution in [0.4, 0.5) is 0 Å². The summed E-state index contributed by atoms with van der Waals surface area (Å²) in [6, 6.07) is 12.6. The van der Waals surface area contributed by atoms with E-state index >= 15 is 0 Å². The molecule has 0 radical (unpaired) electrons. The molecule has 0 spiro atoms. The van der Waals surface area contributed by atoms with Gasteiger partial charge in [-0.3, -0.25) is 4.79 Å². The lowest BCUT2D eigenvalue weighted by atomic mass is 9.96. The van der Waals surface area contributed by atoms with E-state index in [4.69, 9.17) is 10.00 Å². The van der Waals surface area contributed by atoms with E-state index in [2.05, 4.69) is 11.2 Å². The maximum Gasteiger partial charge on any atom is 0.340 e. The van der Waals surface area contributed by atoms with Crippen molar-refractivity contribution in [3.05, 3.63) is 58.9 Å². The highest BCUT2D eigenvalue weighted by Crippen LogP contribution is 2.32. The molecule has 0 aliphatic rings. The van der Waals surface area contributed by atoms with E-state index in [1.807, 2.05) is 19.1 Å². The molecule has 28 heavy (non-hydrogen) atoms. The van der Waals surface area contributed by atoms with Crippen molar-refractivity contribution in [3.8, 4) is 17.2 Å². The van der Waals surface area contributed by atoms with Crippen LogP contribution < -0.4 is 0 Å². The molecule has 2 heterocycles. The van der Waals surface area contributed by atoms with Gasteiger partial charge in [-0.05, 0) is 43.2 Å². The molecule has 2 aromatic heterocycles. The number of rotatable bonds is 6. The molecule has 7 nitrogen and oxygen atoms in total. The van der Waals surface area contributed by atoms with Crippen LogP contribution in [0.3, 0.4) is 0 Å². The minimum atomic E-state index is -1.09. The third-order valence-corrected chi connectivity index (χ3v) is 4.41. The van der Waals surface area contributed by atoms with Crippen molar-refractivity contribution in [1.29, 1.82) is 5.26 Å². The number of aliphatic carboxylic acids is 1. The largest absolute Gasteiger partial charge is 0.481 e. The second-order valence-electron chi connectivity index (χ2n) is 6.15. The Bertz CT molecular complexity index is 1090. The summed E-state index contributed by atoms with van der Waals surface area (Å²) < 4.78 is 6.88. The molecule has 0 fully saturated rings. The van der Waals surface area contributed by atoms with Crippen molar-refractivity contribution >= 4 is 17.5 Å². The van der Waals surface area contributed by atoms with Crippen LogP contribution in [0.2, 0.25) is 0 Å². The normalized spacial score (nSPS) is 10.6. The maximum absolute atomic E-state index is 12.8. The number of aryl methyl sites for hydroxylation is 1. The molecule has 3 rings (SSSR count). The van der Waals surface area contributed by atoms with Gasteiger partial charge in [-0.15, -0.1) is 0 Å². The van der Waals surface area contributed by atoms with Gasteiger partial charge in [0.2, 0.25) is 0 Å². The van der Waals surface area contributed by atoms with E-state index in [9.17, 15) is 14.7 Å². The van der Waals surface area contributed by atoms with E-state index in [1.54, 1.807) is 35.7 Å². The highest BCUT2D eigenvalue weighted by molar-refractivity contribution is 6.03. The topological polar surface area (TPSA) is 105 Å². The van der Waals surface area contributed by atoms with E-state index in [0.29, 0.717) is 28.6 Å². The van der Waals surface area contributed by atoms with Crippen LogP contribution in [0.5, 0.6) is 0 Å². The molecule has 0 saturated heterocycles. The average Bonchev–Trinajstić information content (AvgIpc) is 3.09. The van der Waals surface area contributed by atoms with Crippen molar-refractivity contribution in [2.24, 2.45) is 0 Å². The average molecular weight is 377 g/mol. The molecule has 0 atom stereocenters. The van der Waals surface area contributed by atoms with Crippen LogP contribution in [0.25, 0.3) is 16.6 Å². The van der Waals surface area contributed by atoms with Crippen molar-refractivity contribution in [2.75, 3.05) is 6.61 Å². The third-order valence-electron chi connectivity index (χ3n) is 4.41. The first kappa shape index (κ1) is 19.1. The summed E-state index contributed by atoms with van der Waals surface area (Å²) in [7, 11) is 0. The first-order valence-corrected chi connectivity index (χ1v) is 8.93. The summed E-state index contributed by atoms with van der Waals surface area (Å²) in [5.74, 6) is -1.71. The van der Waals surface area contributed by atoms with Crippen molar-refractivity contribution in [1.82, 2.24) is 9.61 Å². The molecule has 0 aliphatic carbocycles. The number of nitrogens with zero attached hydrogens (tertiary/aromatic N) is 3. The zero-order chi connectivity index (χ0) is 20.3. The minimum absolute atomic E-state index is 0.141. The Hall–Kier alpha value is -3.66. The van der Waals surface area contributed by atoms with Crippen LogP contribution in [-0.2, 0) is 22.4 Å². The van der Waals surface area contributed by atoms with Crippen LogP contribution in [0, 0.1) is 11.3 Å². The number of carboxylic acids is 1. The number of hydrogen-bond acceptors (Lipinski definition) is 5. The molecule has 0 unspecified atom stereocenters. The maximum atomic E-state index is 12.8. The zero-order valence-electron chi connectivity index (χ0n) is 15.6. The number of carbonyl (C=O) groups excluding carboxylic acids is 1. The SMILES string of the molecule is CCOC(=O)c1c(CC(=O)O)nn2c(CC)ccc2c1-c1ccc(C#N)cc1. The lowest BCUT2D eigenvalue weighted by molar-refractivity contribution is -0.136. The molecular formula is C21H19N3O4. The molecule has 7 heteroatoms. The van der Waals surface area contributed by atoms with E-state index in [0.717, 1.165) is 5.69 Å². The Kier molecular flexibility index (Phi) is 5.41. The highest BCUT2D eigenvalue weighted by Gasteiger charge is 2.25.